The van der Waals surface area contributed by atoms with Crippen molar-refractivity contribution in [2.75, 3.05) is 45.8 Å². The number of nitrogens with one attached hydrogen (secondary N) is 2. The number of urea groups is 1. The van der Waals surface area contributed by atoms with Gasteiger partial charge in [-0.05, 0) is 32.3 Å². The summed E-state index contributed by atoms with van der Waals surface area (Å²) in [5.41, 5.74) is 0.575. The molecule has 1 aromatic carbocycles. The molecule has 31 heavy (non-hydrogen) atoms. The number of hydrogen-bond acceptors (Lipinski definition) is 4. The zero-order chi connectivity index (χ0) is 22.3. The van der Waals surface area contributed by atoms with Crippen molar-refractivity contribution in [3.05, 3.63) is 35.9 Å². The molecule has 0 aliphatic carbocycles. The molecule has 170 valence electrons. The van der Waals surface area contributed by atoms with E-state index in [0.717, 1.165) is 45.2 Å². The highest BCUT2D eigenvalue weighted by Crippen LogP contribution is 2.20. The number of carbonyl (C=O) groups is 2. The van der Waals surface area contributed by atoms with Crippen molar-refractivity contribution in [3.63, 3.8) is 0 Å². The number of carbonyl (C=O) groups excluding carboxylic acids is 2. The van der Waals surface area contributed by atoms with Gasteiger partial charge in [0.15, 0.2) is 5.96 Å². The normalized spacial score (nSPS) is 22.7. The number of aliphatic imine (C=N–C) groups is 1. The zero-order valence-corrected chi connectivity index (χ0v) is 19.1. The van der Waals surface area contributed by atoms with Gasteiger partial charge in [0, 0.05) is 52.4 Å². The third-order valence-electron chi connectivity index (χ3n) is 6.11. The molecule has 2 heterocycles. The first-order valence-electron chi connectivity index (χ1n) is 11.4. The number of guanidine groups is 1. The summed E-state index contributed by atoms with van der Waals surface area (Å²) in [7, 11) is 0. The minimum atomic E-state index is -0.769. The molecule has 0 bridgehead atoms. The third kappa shape index (κ3) is 5.76. The number of rotatable bonds is 8. The highest BCUT2D eigenvalue weighted by molar-refractivity contribution is 6.06. The fourth-order valence-electron chi connectivity index (χ4n) is 3.99. The average molecular weight is 429 g/mol. The predicted octanol–water partition coefficient (Wildman–Crippen LogP) is 1.88. The molecule has 0 spiro atoms. The fraction of sp³-hybridized carbons (Fsp3) is 0.609. The number of benzene rings is 1. The van der Waals surface area contributed by atoms with Gasteiger partial charge < -0.3 is 15.5 Å². The van der Waals surface area contributed by atoms with Gasteiger partial charge >= 0.3 is 6.03 Å². The molecule has 2 aliphatic heterocycles. The Bertz CT molecular complexity index is 776. The van der Waals surface area contributed by atoms with Crippen molar-refractivity contribution in [1.29, 1.82) is 0 Å². The topological polar surface area (TPSA) is 80.3 Å². The van der Waals surface area contributed by atoms with Crippen molar-refractivity contribution >= 4 is 17.9 Å². The maximum Gasteiger partial charge on any atom is 0.325 e. The third-order valence-corrected chi connectivity index (χ3v) is 6.11. The van der Waals surface area contributed by atoms with E-state index in [2.05, 4.69) is 57.7 Å². The van der Waals surface area contributed by atoms with Crippen LogP contribution in [0.25, 0.3) is 0 Å². The van der Waals surface area contributed by atoms with E-state index in [0.29, 0.717) is 25.9 Å². The molecule has 8 nitrogen and oxygen atoms in total. The molecule has 2 aliphatic rings. The van der Waals surface area contributed by atoms with Crippen molar-refractivity contribution in [3.8, 4) is 0 Å². The van der Waals surface area contributed by atoms with E-state index in [1.54, 1.807) is 6.92 Å². The Labute approximate surface area is 185 Å². The fourth-order valence-corrected chi connectivity index (χ4v) is 3.99. The standard InChI is InChI=1S/C23H36N6O2/c1-4-23(3)20(30)29(22(31)26-23)13-9-12-25-21(24-5-2)28-16-14-27(15-17-28)18-19-10-7-6-8-11-19/h6-8,10-11H,4-5,9,12-18H2,1-3H3,(H,24,25)(H,26,31). The molecule has 0 radical (unpaired) electrons. The molecule has 2 N–H and O–H groups in total. The molecule has 3 rings (SSSR count). The first kappa shape index (κ1) is 23.1. The summed E-state index contributed by atoms with van der Waals surface area (Å²) in [6.07, 6.45) is 1.24. The summed E-state index contributed by atoms with van der Waals surface area (Å²) in [5.74, 6) is 0.780. The Morgan fingerprint density at radius 2 is 1.84 bits per heavy atom. The minimum Gasteiger partial charge on any atom is -0.357 e. The van der Waals surface area contributed by atoms with E-state index in [-0.39, 0.29) is 11.9 Å². The van der Waals surface area contributed by atoms with Crippen LogP contribution >= 0.6 is 0 Å². The van der Waals surface area contributed by atoms with Crippen LogP contribution in [0.15, 0.2) is 35.3 Å². The highest BCUT2D eigenvalue weighted by Gasteiger charge is 2.45. The molecule has 2 saturated heterocycles. The van der Waals surface area contributed by atoms with Crippen LogP contribution < -0.4 is 10.6 Å². The van der Waals surface area contributed by atoms with Crippen molar-refractivity contribution < 1.29 is 9.59 Å². The smallest absolute Gasteiger partial charge is 0.325 e. The Morgan fingerprint density at radius 1 is 1.13 bits per heavy atom. The minimum absolute atomic E-state index is 0.134. The van der Waals surface area contributed by atoms with Gasteiger partial charge in [-0.15, -0.1) is 0 Å². The van der Waals surface area contributed by atoms with Crippen molar-refractivity contribution in [2.45, 2.75) is 45.7 Å². The quantitative estimate of drug-likeness (QED) is 0.286. The van der Waals surface area contributed by atoms with Crippen LogP contribution in [0.1, 0.15) is 39.2 Å². The summed E-state index contributed by atoms with van der Waals surface area (Å²) in [6, 6.07) is 10.3. The Kier molecular flexibility index (Phi) is 7.90. The zero-order valence-electron chi connectivity index (χ0n) is 19.1. The van der Waals surface area contributed by atoms with Crippen LogP contribution in [0, 0.1) is 0 Å². The Morgan fingerprint density at radius 3 is 2.45 bits per heavy atom. The summed E-state index contributed by atoms with van der Waals surface area (Å²) in [5, 5.41) is 6.18. The second kappa shape index (κ2) is 10.6. The number of hydrogen-bond donors (Lipinski definition) is 2. The van der Waals surface area contributed by atoms with Crippen LogP contribution in [-0.2, 0) is 11.3 Å². The van der Waals surface area contributed by atoms with Crippen molar-refractivity contribution in [1.82, 2.24) is 25.3 Å². The molecule has 1 atom stereocenters. The van der Waals surface area contributed by atoms with E-state index in [9.17, 15) is 9.59 Å². The number of piperazine rings is 1. The molecule has 3 amide bonds. The molecule has 8 heteroatoms. The average Bonchev–Trinajstić information content (AvgIpc) is 3.00. The van der Waals surface area contributed by atoms with E-state index in [1.807, 2.05) is 6.92 Å². The number of nitrogens with zero attached hydrogens (tertiary/aromatic N) is 4. The van der Waals surface area contributed by atoms with E-state index in [1.165, 1.54) is 10.5 Å². The highest BCUT2D eigenvalue weighted by atomic mass is 16.2. The summed E-state index contributed by atoms with van der Waals surface area (Å²) < 4.78 is 0. The predicted molar refractivity (Wildman–Crippen MR) is 123 cm³/mol. The maximum atomic E-state index is 12.5. The molecule has 1 unspecified atom stereocenters. The van der Waals surface area contributed by atoms with Gasteiger partial charge in [-0.25, -0.2) is 4.79 Å². The van der Waals surface area contributed by atoms with Gasteiger partial charge in [-0.2, -0.15) is 0 Å². The lowest BCUT2D eigenvalue weighted by Crippen LogP contribution is -2.52. The van der Waals surface area contributed by atoms with E-state index in [4.69, 9.17) is 4.99 Å². The lowest BCUT2D eigenvalue weighted by molar-refractivity contribution is -0.130. The molecule has 1 aromatic rings. The van der Waals surface area contributed by atoms with Crippen LogP contribution in [0.2, 0.25) is 0 Å². The lowest BCUT2D eigenvalue weighted by atomic mass is 9.99. The Balaban J connectivity index is 1.47. The van der Waals surface area contributed by atoms with Crippen molar-refractivity contribution in [2.24, 2.45) is 4.99 Å². The van der Waals surface area contributed by atoms with Gasteiger partial charge in [0.05, 0.1) is 0 Å². The largest absolute Gasteiger partial charge is 0.357 e. The van der Waals surface area contributed by atoms with Gasteiger partial charge in [-0.3, -0.25) is 19.6 Å². The summed E-state index contributed by atoms with van der Waals surface area (Å²) in [6.45, 7) is 12.4. The van der Waals surface area contributed by atoms with Gasteiger partial charge in [-0.1, -0.05) is 37.3 Å². The second-order valence-corrected chi connectivity index (χ2v) is 8.41. The molecular weight excluding hydrogens is 392 g/mol. The van der Waals surface area contributed by atoms with Gasteiger partial charge in [0.25, 0.3) is 5.91 Å². The summed E-state index contributed by atoms with van der Waals surface area (Å²) >= 11 is 0. The molecule has 0 saturated carbocycles. The maximum absolute atomic E-state index is 12.5. The van der Waals surface area contributed by atoms with Crippen LogP contribution in [-0.4, -0.2) is 83.9 Å². The first-order valence-corrected chi connectivity index (χ1v) is 11.4. The summed E-state index contributed by atoms with van der Waals surface area (Å²) in [4.78, 5) is 35.5. The van der Waals surface area contributed by atoms with Gasteiger partial charge in [0.1, 0.15) is 5.54 Å². The van der Waals surface area contributed by atoms with E-state index >= 15 is 0 Å². The van der Waals surface area contributed by atoms with Crippen LogP contribution in [0.4, 0.5) is 4.79 Å². The lowest BCUT2D eigenvalue weighted by Gasteiger charge is -2.36. The first-order chi connectivity index (χ1) is 15.0. The molecular formula is C23H36N6O2. The van der Waals surface area contributed by atoms with Gasteiger partial charge in [0.2, 0.25) is 0 Å². The monoisotopic (exact) mass is 428 g/mol. The molecule has 0 aromatic heterocycles. The second-order valence-electron chi connectivity index (χ2n) is 8.41. The SMILES string of the molecule is CCNC(=NCCCN1C(=O)NC(C)(CC)C1=O)N1CCN(Cc2ccccc2)CC1. The number of amides is 3. The van der Waals surface area contributed by atoms with E-state index < -0.39 is 5.54 Å². The van der Waals surface area contributed by atoms with Crippen LogP contribution in [0.3, 0.4) is 0 Å². The Hall–Kier alpha value is -2.61. The number of imide groups is 1. The van der Waals surface area contributed by atoms with Crippen LogP contribution in [0.5, 0.6) is 0 Å². The molecule has 2 fully saturated rings.